The van der Waals surface area contributed by atoms with Crippen LogP contribution in [0.1, 0.15) is 26.3 Å². The third kappa shape index (κ3) is 2.24. The van der Waals surface area contributed by atoms with Gasteiger partial charge in [0.15, 0.2) is 0 Å². The van der Waals surface area contributed by atoms with Gasteiger partial charge in [-0.05, 0) is 28.6 Å². The number of azide groups is 1. The molecule has 0 amide bonds. The third-order valence-corrected chi connectivity index (χ3v) is 1.96. The molecule has 0 saturated heterocycles. The molecule has 0 saturated carbocycles. The van der Waals surface area contributed by atoms with Gasteiger partial charge < -0.3 is 0 Å². The zero-order chi connectivity index (χ0) is 10.8. The lowest BCUT2D eigenvalue weighted by atomic mass is 9.87. The molecule has 0 spiro atoms. The first-order valence-electron chi connectivity index (χ1n) is 4.30. The minimum absolute atomic E-state index is 0.0555. The Bertz CT molecular complexity index is 387. The second-order valence-corrected chi connectivity index (χ2v) is 4.11. The highest BCUT2D eigenvalue weighted by molar-refractivity contribution is 5.43. The molecular weight excluding hydrogens is 181 g/mol. The van der Waals surface area contributed by atoms with Crippen LogP contribution in [-0.2, 0) is 5.41 Å². The van der Waals surface area contributed by atoms with Gasteiger partial charge in [-0.1, -0.05) is 32.0 Å². The molecule has 0 heterocycles. The number of hydrogen-bond acceptors (Lipinski definition) is 1. The van der Waals surface area contributed by atoms with Gasteiger partial charge in [-0.15, -0.1) is 0 Å². The Morgan fingerprint density at radius 3 is 2.50 bits per heavy atom. The number of benzene rings is 1. The number of halogens is 1. The summed E-state index contributed by atoms with van der Waals surface area (Å²) in [5.74, 6) is -0.490. The molecule has 4 heteroatoms. The summed E-state index contributed by atoms with van der Waals surface area (Å²) in [6, 6.07) is 4.60. The maximum Gasteiger partial charge on any atom is 0.132 e. The summed E-state index contributed by atoms with van der Waals surface area (Å²) < 4.78 is 13.1. The summed E-state index contributed by atoms with van der Waals surface area (Å²) in [7, 11) is 0. The SMILES string of the molecule is CC(C)(C)c1ccc(F)c(N=[N+]=[N-])c1. The molecule has 0 aliphatic rings. The van der Waals surface area contributed by atoms with Crippen molar-refractivity contribution < 1.29 is 4.39 Å². The molecule has 0 radical (unpaired) electrons. The van der Waals surface area contributed by atoms with E-state index in [9.17, 15) is 4.39 Å². The van der Waals surface area contributed by atoms with Gasteiger partial charge in [0.25, 0.3) is 0 Å². The van der Waals surface area contributed by atoms with E-state index in [1.807, 2.05) is 20.8 Å². The average molecular weight is 193 g/mol. The van der Waals surface area contributed by atoms with E-state index in [4.69, 9.17) is 5.53 Å². The summed E-state index contributed by atoms with van der Waals surface area (Å²) in [5, 5.41) is 3.29. The van der Waals surface area contributed by atoms with Crippen molar-refractivity contribution in [1.82, 2.24) is 0 Å². The summed E-state index contributed by atoms with van der Waals surface area (Å²) in [5.41, 5.74) is 9.15. The van der Waals surface area contributed by atoms with Gasteiger partial charge >= 0.3 is 0 Å². The zero-order valence-corrected chi connectivity index (χ0v) is 8.45. The van der Waals surface area contributed by atoms with Crippen molar-refractivity contribution >= 4 is 5.69 Å². The first-order valence-corrected chi connectivity index (χ1v) is 4.30. The van der Waals surface area contributed by atoms with E-state index in [1.165, 1.54) is 6.07 Å². The summed E-state index contributed by atoms with van der Waals surface area (Å²) in [4.78, 5) is 2.57. The Hall–Kier alpha value is -1.54. The van der Waals surface area contributed by atoms with E-state index in [2.05, 4.69) is 10.0 Å². The van der Waals surface area contributed by atoms with Gasteiger partial charge in [0.05, 0.1) is 5.69 Å². The highest BCUT2D eigenvalue weighted by atomic mass is 19.1. The van der Waals surface area contributed by atoms with Crippen molar-refractivity contribution in [1.29, 1.82) is 0 Å². The maximum atomic E-state index is 13.1. The highest BCUT2D eigenvalue weighted by Crippen LogP contribution is 2.27. The molecule has 0 N–H and O–H groups in total. The molecule has 0 bridgehead atoms. The van der Waals surface area contributed by atoms with E-state index in [0.717, 1.165) is 5.56 Å². The lowest BCUT2D eigenvalue weighted by Gasteiger charge is -2.19. The maximum absolute atomic E-state index is 13.1. The molecule has 0 aromatic heterocycles. The minimum Gasteiger partial charge on any atom is -0.207 e. The van der Waals surface area contributed by atoms with Crippen molar-refractivity contribution in [3.63, 3.8) is 0 Å². The highest BCUT2D eigenvalue weighted by Gasteiger charge is 2.14. The van der Waals surface area contributed by atoms with E-state index in [-0.39, 0.29) is 11.1 Å². The Morgan fingerprint density at radius 1 is 1.36 bits per heavy atom. The van der Waals surface area contributed by atoms with Crippen molar-refractivity contribution in [3.8, 4) is 0 Å². The summed E-state index contributed by atoms with van der Waals surface area (Å²) in [6.45, 7) is 6.04. The molecule has 1 aromatic rings. The predicted octanol–water partition coefficient (Wildman–Crippen LogP) is 4.07. The van der Waals surface area contributed by atoms with E-state index >= 15 is 0 Å². The number of hydrogen-bond donors (Lipinski definition) is 0. The van der Waals surface area contributed by atoms with Gasteiger partial charge in [-0.3, -0.25) is 0 Å². The van der Waals surface area contributed by atoms with Crippen molar-refractivity contribution in [2.45, 2.75) is 26.2 Å². The van der Waals surface area contributed by atoms with Gasteiger partial charge in [0.1, 0.15) is 5.82 Å². The lowest BCUT2D eigenvalue weighted by Crippen LogP contribution is -2.10. The molecule has 1 aromatic carbocycles. The molecule has 0 fully saturated rings. The van der Waals surface area contributed by atoms with E-state index in [0.29, 0.717) is 0 Å². The van der Waals surface area contributed by atoms with Crippen molar-refractivity contribution in [2.24, 2.45) is 5.11 Å². The summed E-state index contributed by atoms with van der Waals surface area (Å²) in [6.07, 6.45) is 0. The van der Waals surface area contributed by atoms with Crippen LogP contribution in [-0.4, -0.2) is 0 Å². The normalized spacial score (nSPS) is 10.9. The van der Waals surface area contributed by atoms with Crippen LogP contribution in [0.5, 0.6) is 0 Å². The molecule has 74 valence electrons. The summed E-state index contributed by atoms with van der Waals surface area (Å²) >= 11 is 0. The Balaban J connectivity index is 3.26. The Kier molecular flexibility index (Phi) is 2.77. The standard InChI is InChI=1S/C10H12FN3/c1-10(2,3)7-4-5-8(11)9(6-7)13-14-12/h4-6H,1-3H3. The largest absolute Gasteiger partial charge is 0.207 e. The van der Waals surface area contributed by atoms with Crippen LogP contribution in [0.2, 0.25) is 0 Å². The van der Waals surface area contributed by atoms with Gasteiger partial charge in [0.2, 0.25) is 0 Å². The van der Waals surface area contributed by atoms with Crippen molar-refractivity contribution in [3.05, 3.63) is 40.0 Å². The van der Waals surface area contributed by atoms with Gasteiger partial charge in [0, 0.05) is 4.91 Å². The lowest BCUT2D eigenvalue weighted by molar-refractivity contribution is 0.583. The number of nitrogens with zero attached hydrogens (tertiary/aromatic N) is 3. The van der Waals surface area contributed by atoms with Gasteiger partial charge in [-0.2, -0.15) is 0 Å². The first kappa shape index (κ1) is 10.5. The molecule has 0 aliphatic heterocycles. The predicted molar refractivity (Wildman–Crippen MR) is 53.9 cm³/mol. The van der Waals surface area contributed by atoms with Gasteiger partial charge in [-0.25, -0.2) is 4.39 Å². The minimum atomic E-state index is -0.490. The molecule has 14 heavy (non-hydrogen) atoms. The van der Waals surface area contributed by atoms with Crippen LogP contribution in [0, 0.1) is 5.82 Å². The monoisotopic (exact) mass is 193 g/mol. The van der Waals surface area contributed by atoms with E-state index in [1.54, 1.807) is 12.1 Å². The van der Waals surface area contributed by atoms with Crippen LogP contribution in [0.25, 0.3) is 10.4 Å². The Morgan fingerprint density at radius 2 is 2.00 bits per heavy atom. The zero-order valence-electron chi connectivity index (χ0n) is 8.45. The molecule has 1 rings (SSSR count). The Labute approximate surface area is 82.2 Å². The van der Waals surface area contributed by atoms with Crippen LogP contribution < -0.4 is 0 Å². The molecule has 3 nitrogen and oxygen atoms in total. The van der Waals surface area contributed by atoms with Crippen molar-refractivity contribution in [2.75, 3.05) is 0 Å². The number of rotatable bonds is 1. The average Bonchev–Trinajstić information content (AvgIpc) is 2.07. The third-order valence-electron chi connectivity index (χ3n) is 1.96. The van der Waals surface area contributed by atoms with Crippen LogP contribution in [0.3, 0.4) is 0 Å². The van der Waals surface area contributed by atoms with Crippen LogP contribution in [0.15, 0.2) is 23.3 Å². The second kappa shape index (κ2) is 3.68. The fraction of sp³-hybridized carbons (Fsp3) is 0.400. The fourth-order valence-corrected chi connectivity index (χ4v) is 1.10. The van der Waals surface area contributed by atoms with Crippen LogP contribution in [0.4, 0.5) is 10.1 Å². The topological polar surface area (TPSA) is 48.8 Å². The molecule has 0 atom stereocenters. The second-order valence-electron chi connectivity index (χ2n) is 4.11. The quantitative estimate of drug-likeness (QED) is 0.367. The molecular formula is C10H12FN3. The van der Waals surface area contributed by atoms with Crippen LogP contribution >= 0.6 is 0 Å². The molecule has 0 aliphatic carbocycles. The fourth-order valence-electron chi connectivity index (χ4n) is 1.10. The smallest absolute Gasteiger partial charge is 0.132 e. The molecule has 0 unspecified atom stereocenters. The van der Waals surface area contributed by atoms with E-state index < -0.39 is 5.82 Å². The first-order chi connectivity index (χ1) is 6.45.